The van der Waals surface area contributed by atoms with E-state index in [2.05, 4.69) is 21.0 Å². The van der Waals surface area contributed by atoms with E-state index in [9.17, 15) is 4.39 Å². The van der Waals surface area contributed by atoms with Crippen molar-refractivity contribution in [3.63, 3.8) is 0 Å². The zero-order valence-electron chi connectivity index (χ0n) is 7.54. The van der Waals surface area contributed by atoms with E-state index in [1.54, 1.807) is 16.9 Å². The maximum atomic E-state index is 12.8. The number of aromatic nitrogens is 2. The third kappa shape index (κ3) is 1.57. The highest BCUT2D eigenvalue weighted by atomic mass is 79.9. The van der Waals surface area contributed by atoms with Gasteiger partial charge in [-0.15, -0.1) is 0 Å². The van der Waals surface area contributed by atoms with Gasteiger partial charge in [-0.3, -0.25) is 0 Å². The van der Waals surface area contributed by atoms with E-state index < -0.39 is 0 Å². The third-order valence-electron chi connectivity index (χ3n) is 1.97. The van der Waals surface area contributed by atoms with Gasteiger partial charge in [-0.2, -0.15) is 5.10 Å². The van der Waals surface area contributed by atoms with Gasteiger partial charge in [0.2, 0.25) is 0 Å². The molecule has 4 heteroatoms. The highest BCUT2D eigenvalue weighted by Gasteiger charge is 2.05. The normalized spacial score (nSPS) is 10.5. The van der Waals surface area contributed by atoms with E-state index in [0.29, 0.717) is 4.47 Å². The van der Waals surface area contributed by atoms with Crippen molar-refractivity contribution in [2.24, 2.45) is 0 Å². The zero-order valence-corrected chi connectivity index (χ0v) is 9.12. The first-order chi connectivity index (χ1) is 6.68. The maximum absolute atomic E-state index is 12.8. The van der Waals surface area contributed by atoms with Crippen LogP contribution in [0.2, 0.25) is 0 Å². The van der Waals surface area contributed by atoms with Gasteiger partial charge < -0.3 is 0 Å². The van der Waals surface area contributed by atoms with Crippen molar-refractivity contribution < 1.29 is 4.39 Å². The lowest BCUT2D eigenvalue weighted by Crippen LogP contribution is -1.99. The molecule has 0 fully saturated rings. The Balaban J connectivity index is 2.58. The molecule has 0 N–H and O–H groups in total. The van der Waals surface area contributed by atoms with Crippen LogP contribution in [0, 0.1) is 12.7 Å². The Bertz CT molecular complexity index is 465. The van der Waals surface area contributed by atoms with Gasteiger partial charge in [-0.25, -0.2) is 9.07 Å². The van der Waals surface area contributed by atoms with Gasteiger partial charge >= 0.3 is 0 Å². The summed E-state index contributed by atoms with van der Waals surface area (Å²) in [5.41, 5.74) is 1.85. The molecule has 0 atom stereocenters. The predicted molar refractivity (Wildman–Crippen MR) is 56.0 cm³/mol. The summed E-state index contributed by atoms with van der Waals surface area (Å²) in [4.78, 5) is 0. The molecule has 0 unspecified atom stereocenters. The van der Waals surface area contributed by atoms with Crippen molar-refractivity contribution in [2.45, 2.75) is 6.92 Å². The second-order valence-corrected chi connectivity index (χ2v) is 3.83. The average Bonchev–Trinajstić information content (AvgIpc) is 2.52. The van der Waals surface area contributed by atoms with Gasteiger partial charge in [0.05, 0.1) is 5.69 Å². The molecule has 0 bridgehead atoms. The minimum Gasteiger partial charge on any atom is -0.237 e. The summed E-state index contributed by atoms with van der Waals surface area (Å²) in [5.74, 6) is -0.259. The van der Waals surface area contributed by atoms with Crippen LogP contribution in [0.4, 0.5) is 4.39 Å². The monoisotopic (exact) mass is 254 g/mol. The molecule has 1 heterocycles. The largest absolute Gasteiger partial charge is 0.237 e. The highest BCUT2D eigenvalue weighted by molar-refractivity contribution is 9.10. The van der Waals surface area contributed by atoms with Crippen molar-refractivity contribution in [1.82, 2.24) is 9.78 Å². The van der Waals surface area contributed by atoms with Crippen LogP contribution in [0.5, 0.6) is 0 Å². The molecule has 72 valence electrons. The van der Waals surface area contributed by atoms with E-state index in [1.165, 1.54) is 12.1 Å². The molecular formula is C10H8BrFN2. The molecule has 1 aromatic carbocycles. The van der Waals surface area contributed by atoms with Crippen LogP contribution >= 0.6 is 15.9 Å². The number of aryl methyl sites for hydroxylation is 1. The maximum Gasteiger partial charge on any atom is 0.124 e. The van der Waals surface area contributed by atoms with Gasteiger partial charge in [0.15, 0.2) is 0 Å². The number of hydrogen-bond acceptors (Lipinski definition) is 1. The number of rotatable bonds is 1. The second kappa shape index (κ2) is 3.53. The molecule has 14 heavy (non-hydrogen) atoms. The summed E-state index contributed by atoms with van der Waals surface area (Å²) in [6.07, 6.45) is 1.71. The first-order valence-electron chi connectivity index (χ1n) is 4.14. The van der Waals surface area contributed by atoms with E-state index in [0.717, 1.165) is 11.4 Å². The zero-order chi connectivity index (χ0) is 10.1. The van der Waals surface area contributed by atoms with Crippen molar-refractivity contribution in [3.05, 3.63) is 46.4 Å². The minimum atomic E-state index is -0.259. The van der Waals surface area contributed by atoms with Crippen LogP contribution in [-0.4, -0.2) is 9.78 Å². The number of hydrogen-bond donors (Lipinski definition) is 0. The molecule has 0 saturated carbocycles. The molecule has 0 saturated heterocycles. The standard InChI is InChI=1S/C10H8BrFN2/c1-7-4-5-13-14(7)10-3-2-8(12)6-9(10)11/h2-6H,1H3. The quantitative estimate of drug-likeness (QED) is 0.765. The fourth-order valence-corrected chi connectivity index (χ4v) is 1.79. The molecule has 2 nitrogen and oxygen atoms in total. The molecular weight excluding hydrogens is 247 g/mol. The average molecular weight is 255 g/mol. The molecule has 0 aliphatic carbocycles. The Labute approximate surface area is 89.5 Å². The molecule has 0 radical (unpaired) electrons. The van der Waals surface area contributed by atoms with Crippen LogP contribution in [0.1, 0.15) is 5.69 Å². The lowest BCUT2D eigenvalue weighted by Gasteiger charge is -2.06. The van der Waals surface area contributed by atoms with Crippen LogP contribution in [0.15, 0.2) is 34.9 Å². The van der Waals surface area contributed by atoms with Crippen LogP contribution < -0.4 is 0 Å². The fraction of sp³-hybridized carbons (Fsp3) is 0.100. The van der Waals surface area contributed by atoms with Gasteiger partial charge in [0.1, 0.15) is 5.82 Å². The van der Waals surface area contributed by atoms with E-state index in [4.69, 9.17) is 0 Å². The van der Waals surface area contributed by atoms with Crippen molar-refractivity contribution in [2.75, 3.05) is 0 Å². The fourth-order valence-electron chi connectivity index (χ4n) is 1.27. The number of halogens is 2. The Morgan fingerprint density at radius 3 is 2.71 bits per heavy atom. The lowest BCUT2D eigenvalue weighted by molar-refractivity contribution is 0.626. The van der Waals surface area contributed by atoms with Crippen molar-refractivity contribution >= 4 is 15.9 Å². The van der Waals surface area contributed by atoms with Crippen LogP contribution in [-0.2, 0) is 0 Å². The second-order valence-electron chi connectivity index (χ2n) is 2.98. The summed E-state index contributed by atoms with van der Waals surface area (Å²) < 4.78 is 15.3. The molecule has 0 aliphatic heterocycles. The van der Waals surface area contributed by atoms with Gasteiger partial charge in [0, 0.05) is 16.4 Å². The Morgan fingerprint density at radius 1 is 1.36 bits per heavy atom. The lowest BCUT2D eigenvalue weighted by atomic mass is 10.3. The van der Waals surface area contributed by atoms with Crippen LogP contribution in [0.3, 0.4) is 0 Å². The Hall–Kier alpha value is -1.16. The van der Waals surface area contributed by atoms with Crippen LogP contribution in [0.25, 0.3) is 5.69 Å². The summed E-state index contributed by atoms with van der Waals surface area (Å²) in [6.45, 7) is 1.95. The van der Waals surface area contributed by atoms with Crippen molar-refractivity contribution in [1.29, 1.82) is 0 Å². The molecule has 0 amide bonds. The van der Waals surface area contributed by atoms with E-state index in [-0.39, 0.29) is 5.82 Å². The summed E-state index contributed by atoms with van der Waals surface area (Å²) in [5, 5.41) is 4.14. The van der Waals surface area contributed by atoms with E-state index in [1.807, 2.05) is 13.0 Å². The van der Waals surface area contributed by atoms with Gasteiger partial charge in [0.25, 0.3) is 0 Å². The van der Waals surface area contributed by atoms with E-state index >= 15 is 0 Å². The first kappa shape index (κ1) is 9.40. The number of nitrogens with zero attached hydrogens (tertiary/aromatic N) is 2. The topological polar surface area (TPSA) is 17.8 Å². The minimum absolute atomic E-state index is 0.259. The smallest absolute Gasteiger partial charge is 0.124 e. The Kier molecular flexibility index (Phi) is 2.37. The Morgan fingerprint density at radius 2 is 2.14 bits per heavy atom. The summed E-state index contributed by atoms with van der Waals surface area (Å²) in [7, 11) is 0. The molecule has 2 aromatic rings. The first-order valence-corrected chi connectivity index (χ1v) is 4.94. The summed E-state index contributed by atoms with van der Waals surface area (Å²) >= 11 is 3.30. The SMILES string of the molecule is Cc1ccnn1-c1ccc(F)cc1Br. The molecule has 2 rings (SSSR count). The number of benzene rings is 1. The van der Waals surface area contributed by atoms with Gasteiger partial charge in [-0.1, -0.05) is 0 Å². The third-order valence-corrected chi connectivity index (χ3v) is 2.61. The predicted octanol–water partition coefficient (Wildman–Crippen LogP) is 3.08. The molecule has 1 aromatic heterocycles. The molecule has 0 aliphatic rings. The van der Waals surface area contributed by atoms with Gasteiger partial charge in [-0.05, 0) is 47.1 Å². The highest BCUT2D eigenvalue weighted by Crippen LogP contribution is 2.22. The molecule has 0 spiro atoms. The summed E-state index contributed by atoms with van der Waals surface area (Å²) in [6, 6.07) is 6.44. The van der Waals surface area contributed by atoms with Crippen molar-refractivity contribution in [3.8, 4) is 5.69 Å².